The van der Waals surface area contributed by atoms with Crippen molar-refractivity contribution < 1.29 is 19.1 Å². The van der Waals surface area contributed by atoms with Crippen molar-refractivity contribution in [1.82, 2.24) is 0 Å². The van der Waals surface area contributed by atoms with Gasteiger partial charge in [0, 0.05) is 12.0 Å². The first-order valence-electron chi connectivity index (χ1n) is 8.98. The molecule has 0 spiro atoms. The number of carbonyl (C=O) groups excluding carboxylic acids is 2. The summed E-state index contributed by atoms with van der Waals surface area (Å²) in [5, 5.41) is 0. The maximum atomic E-state index is 13.5. The fraction of sp³-hybridized carbons (Fsp3) is 0.364. The maximum Gasteiger partial charge on any atom is 0.305 e. The van der Waals surface area contributed by atoms with E-state index in [-0.39, 0.29) is 30.7 Å². The summed E-state index contributed by atoms with van der Waals surface area (Å²) in [6.45, 7) is 5.86. The predicted molar refractivity (Wildman–Crippen MR) is 101 cm³/mol. The van der Waals surface area contributed by atoms with Crippen molar-refractivity contribution in [1.29, 1.82) is 0 Å². The lowest BCUT2D eigenvalue weighted by atomic mass is 9.81. The molecular weight excluding hydrogens is 328 g/mol. The van der Waals surface area contributed by atoms with Gasteiger partial charge in [-0.25, -0.2) is 0 Å². The van der Waals surface area contributed by atoms with Crippen molar-refractivity contribution >= 4 is 11.8 Å². The molecule has 0 aliphatic rings. The third kappa shape index (κ3) is 4.79. The summed E-state index contributed by atoms with van der Waals surface area (Å²) in [5.41, 5.74) is 0.0662. The molecular formula is C22H26O4. The highest BCUT2D eigenvalue weighted by Gasteiger charge is 2.42. The van der Waals surface area contributed by atoms with E-state index in [4.69, 9.17) is 9.47 Å². The largest absolute Gasteiger partial charge is 0.466 e. The third-order valence-electron chi connectivity index (χ3n) is 4.07. The molecule has 0 aliphatic carbocycles. The molecule has 0 radical (unpaired) electrons. The summed E-state index contributed by atoms with van der Waals surface area (Å²) in [4.78, 5) is 25.5. The molecule has 0 aromatic heterocycles. The molecule has 0 N–H and O–H groups in total. The third-order valence-corrected chi connectivity index (χ3v) is 4.07. The van der Waals surface area contributed by atoms with E-state index in [0.717, 1.165) is 5.56 Å². The second-order valence-corrected chi connectivity index (χ2v) is 6.36. The zero-order chi connectivity index (χ0) is 19.0. The highest BCUT2D eigenvalue weighted by molar-refractivity contribution is 6.03. The van der Waals surface area contributed by atoms with Crippen LogP contribution >= 0.6 is 0 Å². The first kappa shape index (κ1) is 19.9. The minimum atomic E-state index is -1.23. The van der Waals surface area contributed by atoms with Crippen molar-refractivity contribution in [2.45, 2.75) is 45.3 Å². The Labute approximate surface area is 155 Å². The van der Waals surface area contributed by atoms with E-state index in [2.05, 4.69) is 0 Å². The summed E-state index contributed by atoms with van der Waals surface area (Å²) >= 11 is 0. The number of esters is 1. The van der Waals surface area contributed by atoms with Gasteiger partial charge < -0.3 is 9.47 Å². The van der Waals surface area contributed by atoms with Crippen LogP contribution in [0, 0.1) is 0 Å². The van der Waals surface area contributed by atoms with Crippen molar-refractivity contribution in [2.75, 3.05) is 6.61 Å². The van der Waals surface area contributed by atoms with Gasteiger partial charge in [-0.2, -0.15) is 0 Å². The van der Waals surface area contributed by atoms with Crippen LogP contribution in [0.25, 0.3) is 0 Å². The van der Waals surface area contributed by atoms with Gasteiger partial charge in [0.1, 0.15) is 0 Å². The quantitative estimate of drug-likeness (QED) is 0.490. The molecule has 0 heterocycles. The Morgan fingerprint density at radius 3 is 2.08 bits per heavy atom. The van der Waals surface area contributed by atoms with Crippen LogP contribution in [-0.2, 0) is 19.9 Å². The lowest BCUT2D eigenvalue weighted by molar-refractivity contribution is -0.145. The first-order valence-corrected chi connectivity index (χ1v) is 8.98. The molecule has 1 atom stereocenters. The van der Waals surface area contributed by atoms with Crippen molar-refractivity contribution in [3.8, 4) is 0 Å². The van der Waals surface area contributed by atoms with Gasteiger partial charge in [-0.3, -0.25) is 9.59 Å². The monoisotopic (exact) mass is 354 g/mol. The molecule has 0 aliphatic heterocycles. The standard InChI is InChI=1S/C22H26O4/c1-4-25-20(23)15-16-22(26-17(2)3,19-13-9-6-10-14-19)21(24)18-11-7-5-8-12-18/h5-14,17H,4,15-16H2,1-3H3. The van der Waals surface area contributed by atoms with Crippen molar-refractivity contribution in [3.05, 3.63) is 71.8 Å². The van der Waals surface area contributed by atoms with Crippen LogP contribution < -0.4 is 0 Å². The molecule has 0 amide bonds. The molecule has 4 nitrogen and oxygen atoms in total. The van der Waals surface area contributed by atoms with Gasteiger partial charge in [0.05, 0.1) is 12.7 Å². The van der Waals surface area contributed by atoms with E-state index in [0.29, 0.717) is 12.2 Å². The number of Topliss-reactive ketones (excluding diaryl/α,β-unsaturated/α-hetero) is 1. The number of benzene rings is 2. The fourth-order valence-electron chi connectivity index (χ4n) is 3.01. The summed E-state index contributed by atoms with van der Waals surface area (Å²) < 4.78 is 11.3. The zero-order valence-electron chi connectivity index (χ0n) is 15.6. The molecule has 26 heavy (non-hydrogen) atoms. The van der Waals surface area contributed by atoms with Gasteiger partial charge in [-0.05, 0) is 32.8 Å². The fourth-order valence-corrected chi connectivity index (χ4v) is 3.01. The zero-order valence-corrected chi connectivity index (χ0v) is 15.6. The number of hydrogen-bond donors (Lipinski definition) is 0. The van der Waals surface area contributed by atoms with Crippen molar-refractivity contribution in [3.63, 3.8) is 0 Å². The maximum absolute atomic E-state index is 13.5. The van der Waals surface area contributed by atoms with Crippen LogP contribution in [0.1, 0.15) is 49.5 Å². The number of ether oxygens (including phenoxy) is 2. The van der Waals surface area contributed by atoms with Crippen LogP contribution in [0.2, 0.25) is 0 Å². The van der Waals surface area contributed by atoms with E-state index in [1.165, 1.54) is 0 Å². The molecule has 138 valence electrons. The van der Waals surface area contributed by atoms with Crippen LogP contribution in [0.3, 0.4) is 0 Å². The van der Waals surface area contributed by atoms with E-state index < -0.39 is 5.60 Å². The second kappa shape index (κ2) is 9.30. The van der Waals surface area contributed by atoms with Crippen LogP contribution in [-0.4, -0.2) is 24.5 Å². The SMILES string of the molecule is CCOC(=O)CCC(OC(C)C)(C(=O)c1ccccc1)c1ccccc1. The van der Waals surface area contributed by atoms with E-state index in [9.17, 15) is 9.59 Å². The molecule has 2 rings (SSSR count). The Morgan fingerprint density at radius 2 is 1.54 bits per heavy atom. The predicted octanol–water partition coefficient (Wildman–Crippen LogP) is 4.53. The molecule has 2 aromatic rings. The highest BCUT2D eigenvalue weighted by atomic mass is 16.5. The average molecular weight is 354 g/mol. The first-order chi connectivity index (χ1) is 12.5. The minimum Gasteiger partial charge on any atom is -0.466 e. The van der Waals surface area contributed by atoms with Crippen LogP contribution in [0.15, 0.2) is 60.7 Å². The van der Waals surface area contributed by atoms with Gasteiger partial charge in [-0.15, -0.1) is 0 Å². The Kier molecular flexibility index (Phi) is 7.10. The Bertz CT molecular complexity index is 709. The lowest BCUT2D eigenvalue weighted by Gasteiger charge is -2.35. The topological polar surface area (TPSA) is 52.6 Å². The number of ketones is 1. The van der Waals surface area contributed by atoms with Crippen LogP contribution in [0.4, 0.5) is 0 Å². The molecule has 0 bridgehead atoms. The number of carbonyl (C=O) groups is 2. The average Bonchev–Trinajstić information content (AvgIpc) is 2.66. The van der Waals surface area contributed by atoms with Crippen LogP contribution in [0.5, 0.6) is 0 Å². The van der Waals surface area contributed by atoms with Gasteiger partial charge in [-0.1, -0.05) is 60.7 Å². The summed E-state index contributed by atoms with van der Waals surface area (Å²) in [5.74, 6) is -0.483. The Hall–Kier alpha value is -2.46. The van der Waals surface area contributed by atoms with E-state index in [1.54, 1.807) is 19.1 Å². The summed E-state index contributed by atoms with van der Waals surface area (Å²) in [6.07, 6.45) is 0.139. The Balaban J connectivity index is 2.49. The molecule has 2 aromatic carbocycles. The normalized spacial score (nSPS) is 13.2. The lowest BCUT2D eigenvalue weighted by Crippen LogP contribution is -2.41. The van der Waals surface area contributed by atoms with E-state index in [1.807, 2.05) is 62.4 Å². The summed E-state index contributed by atoms with van der Waals surface area (Å²) in [6, 6.07) is 18.4. The van der Waals surface area contributed by atoms with Gasteiger partial charge >= 0.3 is 5.97 Å². The minimum absolute atomic E-state index is 0.105. The highest BCUT2D eigenvalue weighted by Crippen LogP contribution is 2.36. The molecule has 0 saturated heterocycles. The molecule has 0 fully saturated rings. The number of rotatable bonds is 9. The smallest absolute Gasteiger partial charge is 0.305 e. The number of hydrogen-bond acceptors (Lipinski definition) is 4. The summed E-state index contributed by atoms with van der Waals surface area (Å²) in [7, 11) is 0. The van der Waals surface area contributed by atoms with Gasteiger partial charge in [0.25, 0.3) is 0 Å². The molecule has 0 saturated carbocycles. The second-order valence-electron chi connectivity index (χ2n) is 6.36. The van der Waals surface area contributed by atoms with Crippen molar-refractivity contribution in [2.24, 2.45) is 0 Å². The van der Waals surface area contributed by atoms with E-state index >= 15 is 0 Å². The molecule has 4 heteroatoms. The van der Waals surface area contributed by atoms with Gasteiger partial charge in [0.2, 0.25) is 0 Å². The van der Waals surface area contributed by atoms with Gasteiger partial charge in [0.15, 0.2) is 11.4 Å². The molecule has 1 unspecified atom stereocenters. The Morgan fingerprint density at radius 1 is 0.962 bits per heavy atom.